The predicted octanol–water partition coefficient (Wildman–Crippen LogP) is 5.21. The third-order valence-corrected chi connectivity index (χ3v) is 6.77. The molecule has 1 N–H and O–H groups in total. The van der Waals surface area contributed by atoms with E-state index in [1.165, 1.54) is 7.11 Å². The number of alkyl carbamates (subject to hydrolysis) is 1. The van der Waals surface area contributed by atoms with Crippen LogP contribution >= 0.6 is 0 Å². The number of esters is 1. The van der Waals surface area contributed by atoms with Gasteiger partial charge in [0.15, 0.2) is 6.04 Å². The molecule has 1 saturated heterocycles. The number of rotatable bonds is 13. The highest BCUT2D eigenvalue weighted by molar-refractivity contribution is 5.82. The molecule has 5 atom stereocenters. The second-order valence-electron chi connectivity index (χ2n) is 11.3. The number of benzene rings is 3. The number of carbonyl (C=O) groups excluding carboxylic acids is 2. The Morgan fingerprint density at radius 3 is 1.74 bits per heavy atom. The van der Waals surface area contributed by atoms with Gasteiger partial charge in [-0.3, -0.25) is 0 Å². The summed E-state index contributed by atoms with van der Waals surface area (Å²) in [5, 5.41) is 2.65. The molecular weight excluding hydrogens is 550 g/mol. The minimum atomic E-state index is -1.23. The Morgan fingerprint density at radius 1 is 0.767 bits per heavy atom. The Labute approximate surface area is 253 Å². The summed E-state index contributed by atoms with van der Waals surface area (Å²) in [5.41, 5.74) is 2.13. The van der Waals surface area contributed by atoms with Crippen molar-refractivity contribution in [1.29, 1.82) is 0 Å². The highest BCUT2D eigenvalue weighted by atomic mass is 16.6. The van der Waals surface area contributed by atoms with Crippen molar-refractivity contribution in [1.82, 2.24) is 5.32 Å². The van der Waals surface area contributed by atoms with Gasteiger partial charge >= 0.3 is 12.1 Å². The summed E-state index contributed by atoms with van der Waals surface area (Å²) < 4.78 is 36.0. The van der Waals surface area contributed by atoms with Gasteiger partial charge < -0.3 is 33.7 Å². The van der Waals surface area contributed by atoms with Crippen molar-refractivity contribution in [3.05, 3.63) is 108 Å². The number of methoxy groups -OCH3 is 1. The van der Waals surface area contributed by atoms with Crippen LogP contribution in [0.15, 0.2) is 91.0 Å². The van der Waals surface area contributed by atoms with E-state index in [4.69, 9.17) is 28.4 Å². The van der Waals surface area contributed by atoms with Gasteiger partial charge in [0.2, 0.25) is 0 Å². The van der Waals surface area contributed by atoms with Crippen molar-refractivity contribution in [2.45, 2.75) is 76.7 Å². The maximum atomic E-state index is 13.1. The lowest BCUT2D eigenvalue weighted by molar-refractivity contribution is -0.151. The summed E-state index contributed by atoms with van der Waals surface area (Å²) in [6, 6.07) is 28.0. The summed E-state index contributed by atoms with van der Waals surface area (Å²) >= 11 is 0. The fourth-order valence-corrected chi connectivity index (χ4v) is 4.79. The van der Waals surface area contributed by atoms with E-state index in [0.717, 1.165) is 16.7 Å². The van der Waals surface area contributed by atoms with Crippen LogP contribution < -0.4 is 5.32 Å². The predicted molar refractivity (Wildman–Crippen MR) is 160 cm³/mol. The second-order valence-corrected chi connectivity index (χ2v) is 11.3. The molecule has 1 fully saturated rings. The lowest BCUT2D eigenvalue weighted by atomic mass is 10.0. The first-order valence-electron chi connectivity index (χ1n) is 14.4. The summed E-state index contributed by atoms with van der Waals surface area (Å²) in [4.78, 5) is 26.0. The lowest BCUT2D eigenvalue weighted by Crippen LogP contribution is -2.55. The Balaban J connectivity index is 1.61. The van der Waals surface area contributed by atoms with Crippen molar-refractivity contribution < 1.29 is 38.0 Å². The van der Waals surface area contributed by atoms with Crippen molar-refractivity contribution in [3.63, 3.8) is 0 Å². The molecule has 0 unspecified atom stereocenters. The fourth-order valence-electron chi connectivity index (χ4n) is 4.79. The molecule has 0 bridgehead atoms. The summed E-state index contributed by atoms with van der Waals surface area (Å²) in [7, 11) is 1.25. The number of hydrogen-bond donors (Lipinski definition) is 1. The molecular formula is C34H41NO8. The zero-order chi connectivity index (χ0) is 30.7. The fraction of sp³-hybridized carbons (Fsp3) is 0.412. The summed E-state index contributed by atoms with van der Waals surface area (Å²) in [6.07, 6.45) is -3.77. The van der Waals surface area contributed by atoms with Crippen LogP contribution in [0.5, 0.6) is 0 Å². The molecule has 0 aliphatic carbocycles. The number of ether oxygens (including phenoxy) is 6. The first-order valence-corrected chi connectivity index (χ1v) is 14.4. The van der Waals surface area contributed by atoms with Crippen LogP contribution in [0.4, 0.5) is 4.79 Å². The van der Waals surface area contributed by atoms with Gasteiger partial charge in [0.05, 0.1) is 33.5 Å². The van der Waals surface area contributed by atoms with E-state index in [2.05, 4.69) is 5.32 Å². The largest absolute Gasteiger partial charge is 0.467 e. The van der Waals surface area contributed by atoms with Crippen LogP contribution in [0.3, 0.4) is 0 Å². The van der Waals surface area contributed by atoms with Gasteiger partial charge in [-0.1, -0.05) is 91.0 Å². The Hall–Kier alpha value is -3.76. The van der Waals surface area contributed by atoms with Crippen molar-refractivity contribution in [2.24, 2.45) is 0 Å². The first-order chi connectivity index (χ1) is 20.7. The van der Waals surface area contributed by atoms with E-state index in [1.807, 2.05) is 91.0 Å². The average molecular weight is 592 g/mol. The van der Waals surface area contributed by atoms with E-state index in [0.29, 0.717) is 6.61 Å². The highest BCUT2D eigenvalue weighted by Crippen LogP contribution is 2.31. The highest BCUT2D eigenvalue weighted by Gasteiger charge is 2.52. The van der Waals surface area contributed by atoms with Gasteiger partial charge in [0.1, 0.15) is 30.0 Å². The van der Waals surface area contributed by atoms with Gasteiger partial charge in [-0.25, -0.2) is 9.59 Å². The number of carbonyl (C=O) groups is 2. The Morgan fingerprint density at radius 2 is 1.26 bits per heavy atom. The first kappa shape index (κ1) is 32.2. The minimum Gasteiger partial charge on any atom is -0.467 e. The van der Waals surface area contributed by atoms with Crippen LogP contribution in [-0.2, 0) is 53.0 Å². The molecule has 0 radical (unpaired) electrons. The SMILES string of the molecule is COC(=O)[C@H](NC(=O)OC(C)(C)C)[C@H]1O[C@H](COCc2ccccc2)[C@@H](OCc2ccccc2)[C@@H]1OCc1ccccc1. The molecule has 3 aromatic rings. The number of amides is 1. The molecule has 0 aromatic heterocycles. The molecule has 1 amide bonds. The van der Waals surface area contributed by atoms with E-state index in [-0.39, 0.29) is 19.8 Å². The molecule has 3 aromatic carbocycles. The van der Waals surface area contributed by atoms with E-state index >= 15 is 0 Å². The standard InChI is InChI=1S/C34H41NO8/c1-34(2,3)43-33(37)35-28(32(36)38-4)30-31(41-22-26-18-12-7-13-19-26)29(40-21-25-16-10-6-11-17-25)27(42-30)23-39-20-24-14-8-5-9-15-24/h5-19,27-31H,20-23H2,1-4H3,(H,35,37)/t27-,28-,29-,30-,31+/m1/s1. The molecule has 9 nitrogen and oxygen atoms in total. The van der Waals surface area contributed by atoms with Crippen molar-refractivity contribution >= 4 is 12.1 Å². The monoisotopic (exact) mass is 591 g/mol. The lowest BCUT2D eigenvalue weighted by Gasteiger charge is -2.29. The van der Waals surface area contributed by atoms with E-state index in [1.54, 1.807) is 20.8 Å². The van der Waals surface area contributed by atoms with Crippen LogP contribution in [-0.4, -0.2) is 61.8 Å². The van der Waals surface area contributed by atoms with Crippen LogP contribution in [0.1, 0.15) is 37.5 Å². The molecule has 1 aliphatic heterocycles. The maximum Gasteiger partial charge on any atom is 0.408 e. The third-order valence-electron chi connectivity index (χ3n) is 6.77. The molecule has 0 spiro atoms. The zero-order valence-corrected chi connectivity index (χ0v) is 25.1. The summed E-state index contributed by atoms with van der Waals surface area (Å²) in [6.45, 7) is 6.26. The zero-order valence-electron chi connectivity index (χ0n) is 25.1. The second kappa shape index (κ2) is 15.6. The molecule has 4 rings (SSSR count). The molecule has 1 heterocycles. The molecule has 0 saturated carbocycles. The van der Waals surface area contributed by atoms with Gasteiger partial charge in [-0.15, -0.1) is 0 Å². The van der Waals surface area contributed by atoms with Crippen molar-refractivity contribution in [3.8, 4) is 0 Å². The number of hydrogen-bond acceptors (Lipinski definition) is 8. The van der Waals surface area contributed by atoms with Crippen LogP contribution in [0.2, 0.25) is 0 Å². The van der Waals surface area contributed by atoms with E-state index < -0.39 is 48.1 Å². The van der Waals surface area contributed by atoms with E-state index in [9.17, 15) is 9.59 Å². The quantitative estimate of drug-likeness (QED) is 0.271. The normalized spacial score (nSPS) is 20.7. The maximum absolute atomic E-state index is 13.1. The third kappa shape index (κ3) is 9.90. The number of nitrogens with one attached hydrogen (secondary N) is 1. The Kier molecular flexibility index (Phi) is 11.7. The summed E-state index contributed by atoms with van der Waals surface area (Å²) in [5.74, 6) is -0.697. The van der Waals surface area contributed by atoms with Crippen LogP contribution in [0.25, 0.3) is 0 Å². The average Bonchev–Trinajstić information content (AvgIpc) is 3.34. The van der Waals surface area contributed by atoms with Gasteiger partial charge in [-0.2, -0.15) is 0 Å². The molecule has 230 valence electrons. The minimum absolute atomic E-state index is 0.163. The Bertz CT molecular complexity index is 1270. The van der Waals surface area contributed by atoms with Crippen molar-refractivity contribution in [2.75, 3.05) is 13.7 Å². The van der Waals surface area contributed by atoms with Gasteiger partial charge in [0.25, 0.3) is 0 Å². The molecule has 43 heavy (non-hydrogen) atoms. The van der Waals surface area contributed by atoms with Gasteiger partial charge in [0, 0.05) is 0 Å². The molecule has 1 aliphatic rings. The molecule has 9 heteroatoms. The topological polar surface area (TPSA) is 102 Å². The van der Waals surface area contributed by atoms with Gasteiger partial charge in [-0.05, 0) is 37.5 Å². The smallest absolute Gasteiger partial charge is 0.408 e. The van der Waals surface area contributed by atoms with Crippen LogP contribution in [0, 0.1) is 0 Å².